The predicted octanol–water partition coefficient (Wildman–Crippen LogP) is 2.38. The van der Waals surface area contributed by atoms with Crippen LogP contribution in [0.2, 0.25) is 0 Å². The maximum Gasteiger partial charge on any atom is 0.213 e. The van der Waals surface area contributed by atoms with Crippen molar-refractivity contribution < 1.29 is 4.42 Å². The minimum absolute atomic E-state index is 0. The Hall–Kier alpha value is -1.65. The van der Waals surface area contributed by atoms with Gasteiger partial charge in [0.15, 0.2) is 11.8 Å². The Kier molecular flexibility index (Phi) is 7.01. The molecule has 2 aromatic heterocycles. The molecule has 144 valence electrons. The summed E-state index contributed by atoms with van der Waals surface area (Å²) < 4.78 is 7.97. The second-order valence-corrected chi connectivity index (χ2v) is 7.20. The molecule has 0 aromatic carbocycles. The van der Waals surface area contributed by atoms with E-state index in [0.29, 0.717) is 24.9 Å². The molecule has 0 fully saturated rings. The number of fused-ring (bicyclic) bond motifs is 1. The van der Waals surface area contributed by atoms with Crippen molar-refractivity contribution in [2.24, 2.45) is 4.99 Å². The SMILES string of the molecule is CCNC(=NCc1nnc2n1CCC2)NCc1ncc(C(C)(C)C)o1.I. The summed E-state index contributed by atoms with van der Waals surface area (Å²) in [6, 6.07) is 0. The zero-order chi connectivity index (χ0) is 17.9. The van der Waals surface area contributed by atoms with Gasteiger partial charge < -0.3 is 19.6 Å². The number of rotatable bonds is 5. The minimum atomic E-state index is -0.0438. The van der Waals surface area contributed by atoms with E-state index in [9.17, 15) is 0 Å². The molecule has 0 unspecified atom stereocenters. The standard InChI is InChI=1S/C17H27N7O.HI/c1-5-18-16(20-10-14-23-22-13-7-6-8-24(13)14)21-11-15-19-9-12(25-15)17(2,3)4;/h9H,5-8,10-11H2,1-4H3,(H2,18,20,21);1H. The van der Waals surface area contributed by atoms with E-state index in [4.69, 9.17) is 4.42 Å². The van der Waals surface area contributed by atoms with Crippen molar-refractivity contribution in [2.45, 2.75) is 65.6 Å². The van der Waals surface area contributed by atoms with Crippen LogP contribution in [0.1, 0.15) is 57.4 Å². The van der Waals surface area contributed by atoms with Crippen molar-refractivity contribution in [3.05, 3.63) is 29.5 Å². The van der Waals surface area contributed by atoms with E-state index in [1.807, 2.05) is 6.92 Å². The Bertz CT molecular complexity index is 745. The number of aliphatic imine (C=N–C) groups is 1. The highest BCUT2D eigenvalue weighted by atomic mass is 127. The van der Waals surface area contributed by atoms with Gasteiger partial charge in [0, 0.05) is 24.9 Å². The summed E-state index contributed by atoms with van der Waals surface area (Å²) in [6.45, 7) is 11.1. The molecule has 3 heterocycles. The third kappa shape index (κ3) is 4.95. The van der Waals surface area contributed by atoms with Crippen LogP contribution in [0.5, 0.6) is 0 Å². The minimum Gasteiger partial charge on any atom is -0.443 e. The molecule has 0 bridgehead atoms. The third-order valence-electron chi connectivity index (χ3n) is 4.11. The first-order chi connectivity index (χ1) is 12.0. The zero-order valence-corrected chi connectivity index (χ0v) is 18.2. The largest absolute Gasteiger partial charge is 0.443 e. The lowest BCUT2D eigenvalue weighted by Gasteiger charge is -2.13. The average Bonchev–Trinajstić information content (AvgIpc) is 3.26. The van der Waals surface area contributed by atoms with Gasteiger partial charge in [-0.1, -0.05) is 20.8 Å². The lowest BCUT2D eigenvalue weighted by atomic mass is 9.94. The number of aromatic nitrogens is 4. The summed E-state index contributed by atoms with van der Waals surface area (Å²) in [5.41, 5.74) is -0.0438. The van der Waals surface area contributed by atoms with Crippen LogP contribution in [-0.2, 0) is 31.5 Å². The van der Waals surface area contributed by atoms with Crippen molar-refractivity contribution in [3.8, 4) is 0 Å². The van der Waals surface area contributed by atoms with E-state index in [1.165, 1.54) is 0 Å². The molecule has 0 spiro atoms. The lowest BCUT2D eigenvalue weighted by molar-refractivity contribution is 0.379. The molecule has 0 radical (unpaired) electrons. The molecule has 0 saturated carbocycles. The van der Waals surface area contributed by atoms with Crippen LogP contribution in [0.25, 0.3) is 0 Å². The second kappa shape index (κ2) is 8.83. The molecule has 1 aliphatic rings. The van der Waals surface area contributed by atoms with E-state index >= 15 is 0 Å². The zero-order valence-electron chi connectivity index (χ0n) is 15.9. The fraction of sp³-hybridized carbons (Fsp3) is 0.647. The van der Waals surface area contributed by atoms with Gasteiger partial charge in [-0.05, 0) is 13.3 Å². The Balaban J connectivity index is 0.00000243. The Morgan fingerprint density at radius 3 is 2.81 bits per heavy atom. The quantitative estimate of drug-likeness (QED) is 0.394. The van der Waals surface area contributed by atoms with Crippen LogP contribution in [0.3, 0.4) is 0 Å². The Morgan fingerprint density at radius 1 is 1.31 bits per heavy atom. The number of guanidine groups is 1. The van der Waals surface area contributed by atoms with Crippen molar-refractivity contribution in [1.82, 2.24) is 30.4 Å². The number of hydrogen-bond acceptors (Lipinski definition) is 5. The summed E-state index contributed by atoms with van der Waals surface area (Å²) in [5.74, 6) is 4.23. The van der Waals surface area contributed by atoms with Crippen molar-refractivity contribution in [3.63, 3.8) is 0 Å². The van der Waals surface area contributed by atoms with Crippen LogP contribution < -0.4 is 10.6 Å². The van der Waals surface area contributed by atoms with Gasteiger partial charge in [0.2, 0.25) is 5.89 Å². The second-order valence-electron chi connectivity index (χ2n) is 7.20. The molecule has 2 aromatic rings. The normalized spacial score (nSPS) is 14.1. The van der Waals surface area contributed by atoms with Crippen molar-refractivity contribution in [2.75, 3.05) is 6.54 Å². The van der Waals surface area contributed by atoms with Crippen LogP contribution in [0.15, 0.2) is 15.6 Å². The van der Waals surface area contributed by atoms with E-state index in [2.05, 4.69) is 56.1 Å². The Morgan fingerprint density at radius 2 is 2.12 bits per heavy atom. The molecular formula is C17H28IN7O. The fourth-order valence-electron chi connectivity index (χ4n) is 2.72. The smallest absolute Gasteiger partial charge is 0.213 e. The molecule has 26 heavy (non-hydrogen) atoms. The van der Waals surface area contributed by atoms with Crippen molar-refractivity contribution in [1.29, 1.82) is 0 Å². The van der Waals surface area contributed by atoms with Gasteiger partial charge in [-0.15, -0.1) is 34.2 Å². The third-order valence-corrected chi connectivity index (χ3v) is 4.11. The van der Waals surface area contributed by atoms with E-state index in [-0.39, 0.29) is 29.4 Å². The van der Waals surface area contributed by atoms with Crippen LogP contribution in [-0.4, -0.2) is 32.3 Å². The highest BCUT2D eigenvalue weighted by Crippen LogP contribution is 2.22. The maximum absolute atomic E-state index is 5.80. The topological polar surface area (TPSA) is 93.2 Å². The molecule has 8 nitrogen and oxygen atoms in total. The van der Waals surface area contributed by atoms with Gasteiger partial charge in [0.05, 0.1) is 12.7 Å². The van der Waals surface area contributed by atoms with Crippen LogP contribution >= 0.6 is 24.0 Å². The summed E-state index contributed by atoms with van der Waals surface area (Å²) in [4.78, 5) is 8.94. The number of halogens is 1. The van der Waals surface area contributed by atoms with Crippen LogP contribution in [0, 0.1) is 0 Å². The molecule has 0 atom stereocenters. The summed E-state index contributed by atoms with van der Waals surface area (Å²) in [7, 11) is 0. The van der Waals surface area contributed by atoms with Crippen LogP contribution in [0.4, 0.5) is 0 Å². The highest BCUT2D eigenvalue weighted by Gasteiger charge is 2.19. The number of aryl methyl sites for hydroxylation is 1. The molecule has 0 amide bonds. The van der Waals surface area contributed by atoms with Crippen molar-refractivity contribution >= 4 is 29.9 Å². The fourth-order valence-corrected chi connectivity index (χ4v) is 2.72. The molecule has 1 aliphatic heterocycles. The number of oxazole rings is 1. The average molecular weight is 473 g/mol. The number of hydrogen-bond donors (Lipinski definition) is 2. The van der Waals surface area contributed by atoms with E-state index in [1.54, 1.807) is 6.20 Å². The number of nitrogens with one attached hydrogen (secondary N) is 2. The Labute approximate surface area is 171 Å². The maximum atomic E-state index is 5.80. The lowest BCUT2D eigenvalue weighted by Crippen LogP contribution is -2.37. The molecule has 9 heteroatoms. The number of nitrogens with zero attached hydrogens (tertiary/aromatic N) is 5. The first-order valence-electron chi connectivity index (χ1n) is 8.85. The van der Waals surface area contributed by atoms with Gasteiger partial charge in [0.1, 0.15) is 18.1 Å². The summed E-state index contributed by atoms with van der Waals surface area (Å²) in [6.07, 6.45) is 3.94. The van der Waals surface area contributed by atoms with Gasteiger partial charge in [-0.2, -0.15) is 0 Å². The van der Waals surface area contributed by atoms with E-state index in [0.717, 1.165) is 43.3 Å². The van der Waals surface area contributed by atoms with Gasteiger partial charge in [0.25, 0.3) is 0 Å². The predicted molar refractivity (Wildman–Crippen MR) is 111 cm³/mol. The first kappa shape index (κ1) is 20.7. The van der Waals surface area contributed by atoms with Gasteiger partial charge in [-0.3, -0.25) is 0 Å². The molecule has 2 N–H and O–H groups in total. The van der Waals surface area contributed by atoms with Gasteiger partial charge >= 0.3 is 0 Å². The van der Waals surface area contributed by atoms with E-state index < -0.39 is 0 Å². The summed E-state index contributed by atoms with van der Waals surface area (Å²) >= 11 is 0. The first-order valence-corrected chi connectivity index (χ1v) is 8.85. The highest BCUT2D eigenvalue weighted by molar-refractivity contribution is 14.0. The van der Waals surface area contributed by atoms with Gasteiger partial charge in [-0.25, -0.2) is 9.98 Å². The summed E-state index contributed by atoms with van der Waals surface area (Å²) in [5, 5.41) is 14.9. The molecule has 0 aliphatic carbocycles. The molecule has 0 saturated heterocycles. The molecular weight excluding hydrogens is 445 g/mol. The molecule has 3 rings (SSSR count). The monoisotopic (exact) mass is 473 g/mol.